The van der Waals surface area contributed by atoms with Crippen molar-refractivity contribution in [2.75, 3.05) is 0 Å². The molecule has 0 unspecified atom stereocenters. The zero-order chi connectivity index (χ0) is 30.6. The summed E-state index contributed by atoms with van der Waals surface area (Å²) in [5, 5.41) is 10.6. The summed E-state index contributed by atoms with van der Waals surface area (Å²) in [6, 6.07) is 54.3. The van der Waals surface area contributed by atoms with E-state index in [9.17, 15) is 0 Å². The second-order valence-corrected chi connectivity index (χ2v) is 14.3. The van der Waals surface area contributed by atoms with Crippen LogP contribution in [0.5, 0.6) is 0 Å². The van der Waals surface area contributed by atoms with Gasteiger partial charge in [0.05, 0.1) is 0 Å². The van der Waals surface area contributed by atoms with Gasteiger partial charge in [-0.15, -0.1) is 11.3 Å². The van der Waals surface area contributed by atoms with Gasteiger partial charge in [-0.25, -0.2) is 0 Å². The molecule has 10 rings (SSSR count). The summed E-state index contributed by atoms with van der Waals surface area (Å²) in [5.74, 6) is 0. The summed E-state index contributed by atoms with van der Waals surface area (Å²) in [4.78, 5) is 0. The Balaban J connectivity index is 1.24. The Kier molecular flexibility index (Phi) is 5.31. The molecule has 9 aromatic rings. The lowest BCUT2D eigenvalue weighted by molar-refractivity contribution is 0.666. The van der Waals surface area contributed by atoms with E-state index in [1.807, 2.05) is 11.3 Å². The smallest absolute Gasteiger partial charge is 0.0433 e. The van der Waals surface area contributed by atoms with E-state index in [1.54, 1.807) is 0 Å². The molecule has 0 aliphatic heterocycles. The fraction of sp³-hybridized carbons (Fsp3) is 0.0667. The lowest BCUT2D eigenvalue weighted by Gasteiger charge is -2.23. The Morgan fingerprint density at radius 2 is 0.957 bits per heavy atom. The molecule has 1 heterocycles. The van der Waals surface area contributed by atoms with E-state index in [0.717, 1.165) is 0 Å². The molecule has 0 spiro atoms. The van der Waals surface area contributed by atoms with Gasteiger partial charge in [-0.1, -0.05) is 147 Å². The minimum atomic E-state index is -0.103. The molecule has 0 nitrogen and oxygen atoms in total. The van der Waals surface area contributed by atoms with Gasteiger partial charge < -0.3 is 0 Å². The van der Waals surface area contributed by atoms with Gasteiger partial charge in [-0.2, -0.15) is 0 Å². The first kappa shape index (κ1) is 26.0. The molecule has 0 bridgehead atoms. The van der Waals surface area contributed by atoms with Crippen LogP contribution >= 0.6 is 11.3 Å². The van der Waals surface area contributed by atoms with Crippen molar-refractivity contribution >= 4 is 63.8 Å². The van der Waals surface area contributed by atoms with Gasteiger partial charge in [-0.3, -0.25) is 0 Å². The summed E-state index contributed by atoms with van der Waals surface area (Å²) in [5.41, 5.74) is 10.6. The van der Waals surface area contributed by atoms with Crippen LogP contribution in [-0.2, 0) is 5.41 Å². The van der Waals surface area contributed by atoms with E-state index in [2.05, 4.69) is 159 Å². The summed E-state index contributed by atoms with van der Waals surface area (Å²) >= 11 is 1.92. The van der Waals surface area contributed by atoms with Crippen LogP contribution in [0.2, 0.25) is 0 Å². The monoisotopic (exact) mass is 602 g/mol. The van der Waals surface area contributed by atoms with E-state index in [1.165, 1.54) is 97.0 Å². The molecular weight excluding hydrogens is 573 g/mol. The van der Waals surface area contributed by atoms with Crippen LogP contribution < -0.4 is 0 Å². The van der Waals surface area contributed by atoms with Crippen molar-refractivity contribution in [1.29, 1.82) is 0 Å². The Morgan fingerprint density at radius 1 is 0.413 bits per heavy atom. The number of rotatable bonds is 2. The Labute approximate surface area is 272 Å². The van der Waals surface area contributed by atoms with Crippen LogP contribution in [0, 0.1) is 0 Å². The molecule has 216 valence electrons. The van der Waals surface area contributed by atoms with E-state index in [4.69, 9.17) is 0 Å². The number of fused-ring (bicyclic) bond motifs is 11. The third-order valence-electron chi connectivity index (χ3n) is 10.4. The number of benzene rings is 8. The fourth-order valence-corrected chi connectivity index (χ4v) is 9.67. The number of thiophene rings is 1. The molecule has 0 atom stereocenters. The SMILES string of the molecule is CC1(C)c2ccc(-c3c4ccccc4c(-c4ccccc4)c4ccccc34)cc2-c2ccc3c(ccc4c5ccccc5sc34)c21. The number of hydrogen-bond acceptors (Lipinski definition) is 1. The number of hydrogen-bond donors (Lipinski definition) is 0. The molecule has 0 amide bonds. The van der Waals surface area contributed by atoms with E-state index >= 15 is 0 Å². The molecule has 1 aromatic heterocycles. The molecule has 8 aromatic carbocycles. The summed E-state index contributed by atoms with van der Waals surface area (Å²) < 4.78 is 2.75. The minimum Gasteiger partial charge on any atom is -0.135 e. The lowest BCUT2D eigenvalue weighted by Crippen LogP contribution is -2.15. The average Bonchev–Trinajstić information content (AvgIpc) is 3.59. The van der Waals surface area contributed by atoms with Crippen molar-refractivity contribution in [1.82, 2.24) is 0 Å². The van der Waals surface area contributed by atoms with Crippen LogP contribution in [0.15, 0.2) is 146 Å². The zero-order valence-corrected chi connectivity index (χ0v) is 26.6. The molecule has 1 heteroatoms. The third kappa shape index (κ3) is 3.44. The standard InChI is InChI=1S/C45H30S/c1-45(2)39-25-20-28(42-32-17-8-6-15-30(32)41(27-12-4-3-5-13-27)31-16-7-9-18-33(31)42)26-38(39)35-22-24-37-34(43(35)45)21-23-36-29-14-10-11-19-40(29)46-44(36)37/h3-26H,1-2H3. The Hall–Kier alpha value is -5.24. The largest absolute Gasteiger partial charge is 0.135 e. The normalized spacial score (nSPS) is 13.6. The van der Waals surface area contributed by atoms with Crippen LogP contribution in [0.25, 0.3) is 85.9 Å². The van der Waals surface area contributed by atoms with Crippen molar-refractivity contribution in [3.05, 3.63) is 157 Å². The third-order valence-corrected chi connectivity index (χ3v) is 11.7. The van der Waals surface area contributed by atoms with Crippen LogP contribution in [-0.4, -0.2) is 0 Å². The maximum Gasteiger partial charge on any atom is 0.0433 e. The van der Waals surface area contributed by atoms with Crippen molar-refractivity contribution in [2.24, 2.45) is 0 Å². The highest BCUT2D eigenvalue weighted by Gasteiger charge is 2.37. The summed E-state index contributed by atoms with van der Waals surface area (Å²) in [6.45, 7) is 4.82. The van der Waals surface area contributed by atoms with Gasteiger partial charge in [0.2, 0.25) is 0 Å². The van der Waals surface area contributed by atoms with Gasteiger partial charge in [-0.05, 0) is 89.0 Å². The predicted octanol–water partition coefficient (Wildman–Crippen LogP) is 13.2. The molecule has 1 aliphatic carbocycles. The quantitative estimate of drug-likeness (QED) is 0.173. The zero-order valence-electron chi connectivity index (χ0n) is 25.8. The molecule has 1 aliphatic rings. The second kappa shape index (κ2) is 9.39. The molecule has 0 saturated carbocycles. The molecule has 0 radical (unpaired) electrons. The highest BCUT2D eigenvalue weighted by Crippen LogP contribution is 2.54. The van der Waals surface area contributed by atoms with Crippen molar-refractivity contribution < 1.29 is 0 Å². The molecule has 0 saturated heterocycles. The summed E-state index contributed by atoms with van der Waals surface area (Å²) in [6.07, 6.45) is 0. The van der Waals surface area contributed by atoms with Gasteiger partial charge in [0.1, 0.15) is 0 Å². The molecule has 46 heavy (non-hydrogen) atoms. The van der Waals surface area contributed by atoms with Crippen molar-refractivity contribution in [3.8, 4) is 33.4 Å². The summed E-state index contributed by atoms with van der Waals surface area (Å²) in [7, 11) is 0. The van der Waals surface area contributed by atoms with Gasteiger partial charge in [0, 0.05) is 25.6 Å². The van der Waals surface area contributed by atoms with Gasteiger partial charge in [0.15, 0.2) is 0 Å². The van der Waals surface area contributed by atoms with E-state index in [0.29, 0.717) is 0 Å². The lowest BCUT2D eigenvalue weighted by atomic mass is 9.79. The van der Waals surface area contributed by atoms with E-state index in [-0.39, 0.29) is 5.41 Å². The Bertz CT molecular complexity index is 2650. The average molecular weight is 603 g/mol. The van der Waals surface area contributed by atoms with Gasteiger partial charge in [0.25, 0.3) is 0 Å². The minimum absolute atomic E-state index is 0.103. The van der Waals surface area contributed by atoms with Gasteiger partial charge >= 0.3 is 0 Å². The molecular formula is C45H30S. The first-order valence-corrected chi connectivity index (χ1v) is 16.9. The highest BCUT2D eigenvalue weighted by molar-refractivity contribution is 7.26. The first-order chi connectivity index (χ1) is 22.6. The van der Waals surface area contributed by atoms with Crippen LogP contribution in [0.3, 0.4) is 0 Å². The Morgan fingerprint density at radius 3 is 1.65 bits per heavy atom. The highest BCUT2D eigenvalue weighted by atomic mass is 32.1. The molecule has 0 N–H and O–H groups in total. The second-order valence-electron chi connectivity index (χ2n) is 13.2. The van der Waals surface area contributed by atoms with Crippen molar-refractivity contribution in [3.63, 3.8) is 0 Å². The van der Waals surface area contributed by atoms with E-state index < -0.39 is 0 Å². The first-order valence-electron chi connectivity index (χ1n) is 16.1. The topological polar surface area (TPSA) is 0 Å². The molecule has 0 fully saturated rings. The van der Waals surface area contributed by atoms with Crippen molar-refractivity contribution in [2.45, 2.75) is 19.3 Å². The van der Waals surface area contributed by atoms with Crippen LogP contribution in [0.1, 0.15) is 25.0 Å². The maximum absolute atomic E-state index is 2.48. The fourth-order valence-electron chi connectivity index (χ4n) is 8.44. The maximum atomic E-state index is 2.48. The predicted molar refractivity (Wildman–Crippen MR) is 200 cm³/mol. The van der Waals surface area contributed by atoms with Crippen LogP contribution in [0.4, 0.5) is 0 Å².